The zero-order valence-corrected chi connectivity index (χ0v) is 15.3. The maximum absolute atomic E-state index is 10.3. The van der Waals surface area contributed by atoms with Gasteiger partial charge >= 0.3 is 0 Å². The monoisotopic (exact) mass is 391 g/mol. The smallest absolute Gasteiger partial charge is 0.245 e. The first-order valence-electron chi connectivity index (χ1n) is 9.40. The van der Waals surface area contributed by atoms with Crippen LogP contribution in [-0.4, -0.2) is 59.8 Å². The number of imidazole rings is 1. The van der Waals surface area contributed by atoms with Gasteiger partial charge in [0, 0.05) is 6.20 Å². The number of nitrogens with one attached hydrogen (secondary N) is 2. The van der Waals surface area contributed by atoms with Gasteiger partial charge < -0.3 is 31.2 Å². The molecule has 0 radical (unpaired) electrons. The first-order valence-corrected chi connectivity index (χ1v) is 9.40. The van der Waals surface area contributed by atoms with E-state index in [2.05, 4.69) is 25.8 Å². The lowest BCUT2D eigenvalue weighted by Gasteiger charge is -2.17. The molecule has 3 heterocycles. The second-order valence-electron chi connectivity index (χ2n) is 7.12. The minimum Gasteiger partial charge on any atom is -0.394 e. The molecule has 1 aliphatic heterocycles. The van der Waals surface area contributed by atoms with Crippen molar-refractivity contribution in [3.05, 3.63) is 18.1 Å². The second-order valence-corrected chi connectivity index (χ2v) is 7.12. The first kappa shape index (κ1) is 18.9. The first-order chi connectivity index (χ1) is 13.6. The van der Waals surface area contributed by atoms with Crippen molar-refractivity contribution in [2.45, 2.75) is 56.6 Å². The van der Waals surface area contributed by atoms with Crippen LogP contribution in [0.3, 0.4) is 0 Å². The highest BCUT2D eigenvalue weighted by Crippen LogP contribution is 2.32. The molecule has 1 aliphatic carbocycles. The van der Waals surface area contributed by atoms with Crippen LogP contribution in [0.25, 0.3) is 11.2 Å². The molecule has 4 rings (SSSR count). The Kier molecular flexibility index (Phi) is 5.31. The molecule has 0 bridgehead atoms. The van der Waals surface area contributed by atoms with Crippen LogP contribution in [0.2, 0.25) is 0 Å². The van der Waals surface area contributed by atoms with Crippen molar-refractivity contribution in [1.82, 2.24) is 24.9 Å². The van der Waals surface area contributed by atoms with Crippen LogP contribution < -0.4 is 16.6 Å². The molecule has 1 unspecified atom stereocenters. The van der Waals surface area contributed by atoms with Gasteiger partial charge in [0.1, 0.15) is 23.8 Å². The highest BCUT2D eigenvalue weighted by atomic mass is 16.6. The summed E-state index contributed by atoms with van der Waals surface area (Å²) in [6.45, 7) is -0.413. The summed E-state index contributed by atoms with van der Waals surface area (Å²) in [6.07, 6.45) is 4.87. The molecule has 2 aliphatic rings. The topological polar surface area (TPSA) is 164 Å². The van der Waals surface area contributed by atoms with Gasteiger partial charge in [-0.25, -0.2) is 4.98 Å². The fourth-order valence-corrected chi connectivity index (χ4v) is 3.64. The fraction of sp³-hybridized carbons (Fsp3) is 0.588. The Labute approximate surface area is 161 Å². The van der Waals surface area contributed by atoms with Gasteiger partial charge in [-0.2, -0.15) is 9.97 Å². The number of allylic oxidation sites excluding steroid dienone is 1. The molecule has 0 aromatic carbocycles. The Morgan fingerprint density at radius 1 is 1.21 bits per heavy atom. The summed E-state index contributed by atoms with van der Waals surface area (Å²) >= 11 is 0. The molecular weight excluding hydrogens is 366 g/mol. The Hall–Kier alpha value is -2.47. The van der Waals surface area contributed by atoms with E-state index in [1.165, 1.54) is 35.7 Å². The zero-order chi connectivity index (χ0) is 19.7. The van der Waals surface area contributed by atoms with Gasteiger partial charge in [-0.3, -0.25) is 9.99 Å². The SMILES string of the molecule is Nc1nc(NNC=C2CCCCC2)nc2c1ncn2C1O[C@H](CO)[C@@H](O)[C@H]1O. The lowest BCUT2D eigenvalue weighted by molar-refractivity contribution is -0.0511. The van der Waals surface area contributed by atoms with Crippen molar-refractivity contribution in [1.29, 1.82) is 0 Å². The Bertz CT molecular complexity index is 863. The minimum atomic E-state index is -1.24. The van der Waals surface area contributed by atoms with Crippen LogP contribution in [0.5, 0.6) is 0 Å². The minimum absolute atomic E-state index is 0.171. The maximum atomic E-state index is 10.3. The van der Waals surface area contributed by atoms with Crippen molar-refractivity contribution >= 4 is 22.9 Å². The molecule has 2 fully saturated rings. The standard InChI is InChI=1S/C17H25N7O4/c18-14-11-15(22-17(21-14)23-20-6-9-4-2-1-3-5-9)24(8-19-11)16-13(27)12(26)10(7-25)28-16/h6,8,10,12-13,16,20,25-27H,1-5,7H2,(H3,18,21,22,23)/t10-,12-,13-,16?/m1/s1. The average Bonchev–Trinajstić information content (AvgIpc) is 3.24. The van der Waals surface area contributed by atoms with E-state index in [0.29, 0.717) is 11.2 Å². The molecule has 11 nitrogen and oxygen atoms in total. The summed E-state index contributed by atoms with van der Waals surface area (Å²) in [5.74, 6) is 0.413. The van der Waals surface area contributed by atoms with Gasteiger partial charge in [-0.15, -0.1) is 0 Å². The fourth-order valence-electron chi connectivity index (χ4n) is 3.64. The molecule has 0 amide bonds. The molecule has 2 aromatic rings. The number of anilines is 2. The number of aliphatic hydroxyl groups is 3. The molecule has 11 heteroatoms. The predicted molar refractivity (Wildman–Crippen MR) is 101 cm³/mol. The number of nitrogens with zero attached hydrogens (tertiary/aromatic N) is 4. The van der Waals surface area contributed by atoms with E-state index in [-0.39, 0.29) is 11.8 Å². The number of fused-ring (bicyclic) bond motifs is 1. The Morgan fingerprint density at radius 3 is 2.71 bits per heavy atom. The van der Waals surface area contributed by atoms with Crippen LogP contribution in [0.1, 0.15) is 38.3 Å². The van der Waals surface area contributed by atoms with E-state index in [1.54, 1.807) is 0 Å². The van der Waals surface area contributed by atoms with E-state index < -0.39 is 31.1 Å². The number of nitrogen functional groups attached to an aromatic ring is 1. The van der Waals surface area contributed by atoms with Crippen LogP contribution in [-0.2, 0) is 4.74 Å². The molecular formula is C17H25N7O4. The van der Waals surface area contributed by atoms with Gasteiger partial charge in [0.25, 0.3) is 0 Å². The highest BCUT2D eigenvalue weighted by molar-refractivity contribution is 5.82. The number of ether oxygens (including phenoxy) is 1. The summed E-state index contributed by atoms with van der Waals surface area (Å²) in [4.78, 5) is 12.8. The van der Waals surface area contributed by atoms with Crippen molar-refractivity contribution in [3.8, 4) is 0 Å². The molecule has 2 aromatic heterocycles. The third-order valence-corrected chi connectivity index (χ3v) is 5.20. The van der Waals surface area contributed by atoms with E-state index in [1.807, 2.05) is 6.20 Å². The lowest BCUT2D eigenvalue weighted by atomic mass is 9.96. The molecule has 1 saturated carbocycles. The molecule has 0 spiro atoms. The summed E-state index contributed by atoms with van der Waals surface area (Å²) in [6, 6.07) is 0. The zero-order valence-electron chi connectivity index (χ0n) is 15.3. The summed E-state index contributed by atoms with van der Waals surface area (Å²) < 4.78 is 7.03. The van der Waals surface area contributed by atoms with E-state index in [0.717, 1.165) is 12.8 Å². The van der Waals surface area contributed by atoms with Crippen LogP contribution in [0.4, 0.5) is 11.8 Å². The van der Waals surface area contributed by atoms with E-state index in [4.69, 9.17) is 10.5 Å². The van der Waals surface area contributed by atoms with Gasteiger partial charge in [-0.05, 0) is 25.7 Å². The number of aliphatic hydroxyl groups excluding tert-OH is 3. The van der Waals surface area contributed by atoms with Gasteiger partial charge in [0.05, 0.1) is 12.9 Å². The van der Waals surface area contributed by atoms with Crippen molar-refractivity contribution in [2.75, 3.05) is 17.8 Å². The maximum Gasteiger partial charge on any atom is 0.245 e. The Balaban J connectivity index is 1.56. The highest BCUT2D eigenvalue weighted by Gasteiger charge is 2.44. The van der Waals surface area contributed by atoms with Crippen molar-refractivity contribution < 1.29 is 20.1 Å². The van der Waals surface area contributed by atoms with Gasteiger partial charge in [0.2, 0.25) is 5.95 Å². The molecule has 7 N–H and O–H groups in total. The predicted octanol–water partition coefficient (Wildman–Crippen LogP) is -0.216. The van der Waals surface area contributed by atoms with Gasteiger partial charge in [-0.1, -0.05) is 12.0 Å². The number of rotatable bonds is 5. The number of hydrogen-bond acceptors (Lipinski definition) is 10. The number of hydrazine groups is 1. The average molecular weight is 391 g/mol. The second kappa shape index (κ2) is 7.87. The molecule has 1 saturated heterocycles. The molecule has 4 atom stereocenters. The summed E-state index contributed by atoms with van der Waals surface area (Å²) in [7, 11) is 0. The summed E-state index contributed by atoms with van der Waals surface area (Å²) in [5, 5.41) is 29.5. The molecule has 152 valence electrons. The number of nitrogens with two attached hydrogens (primary N) is 1. The lowest BCUT2D eigenvalue weighted by Crippen LogP contribution is -2.33. The summed E-state index contributed by atoms with van der Waals surface area (Å²) in [5.41, 5.74) is 13.9. The number of hydrogen-bond donors (Lipinski definition) is 6. The van der Waals surface area contributed by atoms with E-state index >= 15 is 0 Å². The largest absolute Gasteiger partial charge is 0.394 e. The molecule has 28 heavy (non-hydrogen) atoms. The third kappa shape index (κ3) is 3.49. The number of aromatic nitrogens is 4. The third-order valence-electron chi connectivity index (χ3n) is 5.20. The van der Waals surface area contributed by atoms with Crippen LogP contribution in [0.15, 0.2) is 18.1 Å². The quantitative estimate of drug-likeness (QED) is 0.376. The van der Waals surface area contributed by atoms with Crippen LogP contribution in [0, 0.1) is 0 Å². The van der Waals surface area contributed by atoms with Crippen LogP contribution >= 0.6 is 0 Å². The Morgan fingerprint density at radius 2 is 2.00 bits per heavy atom. The van der Waals surface area contributed by atoms with Gasteiger partial charge in [0.15, 0.2) is 17.7 Å². The van der Waals surface area contributed by atoms with Crippen molar-refractivity contribution in [2.24, 2.45) is 0 Å². The van der Waals surface area contributed by atoms with Crippen molar-refractivity contribution in [3.63, 3.8) is 0 Å². The van der Waals surface area contributed by atoms with E-state index in [9.17, 15) is 15.3 Å². The normalized spacial score (nSPS) is 27.9.